The molecule has 2 fully saturated rings. The number of carbonyl (C=O) groups excluding carboxylic acids is 1. The number of nitrogens with zero attached hydrogens (tertiary/aromatic N) is 3. The van der Waals surface area contributed by atoms with Crippen LogP contribution < -0.4 is 10.2 Å². The molecule has 0 bridgehead atoms. The van der Waals surface area contributed by atoms with Gasteiger partial charge in [-0.2, -0.15) is 0 Å². The quantitative estimate of drug-likeness (QED) is 0.782. The number of rotatable bonds is 4. The molecule has 2 aromatic carbocycles. The van der Waals surface area contributed by atoms with Crippen LogP contribution in [-0.4, -0.2) is 66.2 Å². The van der Waals surface area contributed by atoms with E-state index in [1.165, 1.54) is 5.56 Å². The van der Waals surface area contributed by atoms with Crippen molar-refractivity contribution in [1.29, 1.82) is 0 Å². The Morgan fingerprint density at radius 1 is 1.00 bits per heavy atom. The number of amides is 2. The van der Waals surface area contributed by atoms with Gasteiger partial charge in [0.2, 0.25) is 0 Å². The fourth-order valence-electron chi connectivity index (χ4n) is 4.21. The number of aromatic hydroxyl groups is 1. The minimum atomic E-state index is 0.0433. The Morgan fingerprint density at radius 3 is 2.37 bits per heavy atom. The highest BCUT2D eigenvalue weighted by Gasteiger charge is 2.25. The number of nitrogens with one attached hydrogen (secondary N) is 1. The summed E-state index contributed by atoms with van der Waals surface area (Å²) in [6.45, 7) is 5.83. The third-order valence-corrected chi connectivity index (χ3v) is 6.25. The van der Waals surface area contributed by atoms with Gasteiger partial charge in [-0.25, -0.2) is 4.79 Å². The fourth-order valence-corrected chi connectivity index (χ4v) is 4.33. The average Bonchev–Trinajstić information content (AvgIpc) is 2.77. The highest BCUT2D eigenvalue weighted by Crippen LogP contribution is 2.21. The van der Waals surface area contributed by atoms with E-state index >= 15 is 0 Å². The van der Waals surface area contributed by atoms with Gasteiger partial charge in [0.1, 0.15) is 5.75 Å². The fraction of sp³-hybridized carbons (Fsp3) is 0.435. The zero-order chi connectivity index (χ0) is 20.9. The molecule has 2 heterocycles. The van der Waals surface area contributed by atoms with Gasteiger partial charge in [0.15, 0.2) is 0 Å². The van der Waals surface area contributed by atoms with Crippen molar-refractivity contribution in [2.75, 3.05) is 44.2 Å². The maximum Gasteiger partial charge on any atom is 0.317 e. The molecule has 2 aliphatic rings. The summed E-state index contributed by atoms with van der Waals surface area (Å²) in [5.74, 6) is 0.273. The summed E-state index contributed by atoms with van der Waals surface area (Å²) in [6.07, 6.45) is 1.95. The molecule has 0 atom stereocenters. The van der Waals surface area contributed by atoms with Crippen LogP contribution in [0.5, 0.6) is 5.75 Å². The number of halogens is 1. The number of anilines is 1. The number of urea groups is 1. The Morgan fingerprint density at radius 2 is 1.70 bits per heavy atom. The molecule has 0 spiro atoms. The molecule has 0 unspecified atom stereocenters. The highest BCUT2D eigenvalue weighted by atomic mass is 35.5. The molecule has 0 radical (unpaired) electrons. The number of phenolic OH excluding ortho intramolecular Hbond substituents is 1. The van der Waals surface area contributed by atoms with E-state index in [0.717, 1.165) is 56.3 Å². The smallest absolute Gasteiger partial charge is 0.317 e. The van der Waals surface area contributed by atoms with Crippen molar-refractivity contribution in [2.24, 2.45) is 0 Å². The second-order valence-corrected chi connectivity index (χ2v) is 8.56. The van der Waals surface area contributed by atoms with Crippen molar-refractivity contribution < 1.29 is 9.90 Å². The molecule has 0 aromatic heterocycles. The third kappa shape index (κ3) is 5.37. The summed E-state index contributed by atoms with van der Waals surface area (Å²) < 4.78 is 0. The minimum absolute atomic E-state index is 0.0433. The van der Waals surface area contributed by atoms with E-state index in [0.29, 0.717) is 13.1 Å². The van der Waals surface area contributed by atoms with Crippen LogP contribution in [0.25, 0.3) is 0 Å². The Hall–Kier alpha value is -2.44. The average molecular weight is 429 g/mol. The molecule has 6 nitrogen and oxygen atoms in total. The van der Waals surface area contributed by atoms with Crippen molar-refractivity contribution in [3.63, 3.8) is 0 Å². The largest absolute Gasteiger partial charge is 0.508 e. The SMILES string of the molecule is O=C(NC1CCN(Cc2ccc(Cl)cc2)CC1)N1CCN(c2cccc(O)c2)CC1. The third-order valence-electron chi connectivity index (χ3n) is 6.00. The molecular weight excluding hydrogens is 400 g/mol. The first-order valence-electron chi connectivity index (χ1n) is 10.6. The molecule has 4 rings (SSSR count). The molecule has 2 N–H and O–H groups in total. The van der Waals surface area contributed by atoms with Crippen LogP contribution in [0.4, 0.5) is 10.5 Å². The van der Waals surface area contributed by atoms with Crippen LogP contribution in [0.15, 0.2) is 48.5 Å². The first-order valence-corrected chi connectivity index (χ1v) is 11.0. The molecule has 2 aliphatic heterocycles. The Bertz CT molecular complexity index is 845. The van der Waals surface area contributed by atoms with E-state index in [1.807, 2.05) is 29.2 Å². The Labute approximate surface area is 183 Å². The van der Waals surface area contributed by atoms with Crippen LogP contribution in [0.2, 0.25) is 5.02 Å². The molecule has 0 aliphatic carbocycles. The lowest BCUT2D eigenvalue weighted by molar-refractivity contribution is 0.167. The number of hydrogen-bond donors (Lipinski definition) is 2. The number of carbonyl (C=O) groups is 1. The standard InChI is InChI=1S/C23H29ClN4O2/c24-19-6-4-18(5-7-19)17-26-10-8-20(9-11-26)25-23(30)28-14-12-27(13-15-28)21-2-1-3-22(29)16-21/h1-7,16,20,29H,8-15,17H2,(H,25,30). The van der Waals surface area contributed by atoms with Crippen molar-refractivity contribution >= 4 is 23.3 Å². The van der Waals surface area contributed by atoms with Crippen LogP contribution >= 0.6 is 11.6 Å². The van der Waals surface area contributed by atoms with Crippen LogP contribution in [0.1, 0.15) is 18.4 Å². The first-order chi connectivity index (χ1) is 14.6. The van der Waals surface area contributed by atoms with Crippen LogP contribution in [-0.2, 0) is 6.54 Å². The van der Waals surface area contributed by atoms with E-state index in [1.54, 1.807) is 12.1 Å². The number of benzene rings is 2. The maximum atomic E-state index is 12.7. The van der Waals surface area contributed by atoms with E-state index < -0.39 is 0 Å². The molecule has 2 saturated heterocycles. The van der Waals surface area contributed by atoms with E-state index in [4.69, 9.17) is 11.6 Å². The zero-order valence-electron chi connectivity index (χ0n) is 17.1. The number of likely N-dealkylation sites (tertiary alicyclic amines) is 1. The van der Waals surface area contributed by atoms with Gasteiger partial charge in [-0.15, -0.1) is 0 Å². The predicted octanol–water partition coefficient (Wildman–Crippen LogP) is 3.54. The van der Waals surface area contributed by atoms with Gasteiger partial charge in [-0.05, 0) is 42.7 Å². The Kier molecular flexibility index (Phi) is 6.65. The van der Waals surface area contributed by atoms with Gasteiger partial charge >= 0.3 is 6.03 Å². The molecule has 160 valence electrons. The topological polar surface area (TPSA) is 59.1 Å². The Balaban J connectivity index is 1.19. The van der Waals surface area contributed by atoms with Gasteiger partial charge in [-0.1, -0.05) is 29.8 Å². The number of piperazine rings is 1. The lowest BCUT2D eigenvalue weighted by Crippen LogP contribution is -2.54. The minimum Gasteiger partial charge on any atom is -0.508 e. The molecule has 7 heteroatoms. The first kappa shape index (κ1) is 20.8. The number of phenols is 1. The molecule has 2 amide bonds. The molecule has 0 saturated carbocycles. The monoisotopic (exact) mass is 428 g/mol. The highest BCUT2D eigenvalue weighted by molar-refractivity contribution is 6.30. The molecule has 2 aromatic rings. The normalized spacial score (nSPS) is 18.4. The van der Waals surface area contributed by atoms with Crippen LogP contribution in [0.3, 0.4) is 0 Å². The van der Waals surface area contributed by atoms with E-state index in [9.17, 15) is 9.90 Å². The van der Waals surface area contributed by atoms with Crippen LogP contribution in [0, 0.1) is 0 Å². The lowest BCUT2D eigenvalue weighted by Gasteiger charge is -2.38. The van der Waals surface area contributed by atoms with Gasteiger partial charge in [0, 0.05) is 68.6 Å². The zero-order valence-corrected chi connectivity index (χ0v) is 17.9. The van der Waals surface area contributed by atoms with Gasteiger partial charge in [0.25, 0.3) is 0 Å². The molecular formula is C23H29ClN4O2. The number of hydrogen-bond acceptors (Lipinski definition) is 4. The second-order valence-electron chi connectivity index (χ2n) is 8.12. The van der Waals surface area contributed by atoms with Crippen molar-refractivity contribution in [2.45, 2.75) is 25.4 Å². The number of piperidine rings is 1. The van der Waals surface area contributed by atoms with Gasteiger partial charge in [-0.3, -0.25) is 4.90 Å². The van der Waals surface area contributed by atoms with Crippen molar-refractivity contribution in [3.8, 4) is 5.75 Å². The summed E-state index contributed by atoms with van der Waals surface area (Å²) in [7, 11) is 0. The lowest BCUT2D eigenvalue weighted by atomic mass is 10.0. The predicted molar refractivity (Wildman–Crippen MR) is 120 cm³/mol. The summed E-state index contributed by atoms with van der Waals surface area (Å²) in [6, 6.07) is 15.6. The van der Waals surface area contributed by atoms with Crippen molar-refractivity contribution in [1.82, 2.24) is 15.1 Å². The van der Waals surface area contributed by atoms with Gasteiger partial charge in [0.05, 0.1) is 0 Å². The summed E-state index contributed by atoms with van der Waals surface area (Å²) >= 11 is 5.96. The van der Waals surface area contributed by atoms with Crippen molar-refractivity contribution in [3.05, 3.63) is 59.1 Å². The maximum absolute atomic E-state index is 12.7. The molecule has 30 heavy (non-hydrogen) atoms. The second kappa shape index (κ2) is 9.58. The summed E-state index contributed by atoms with van der Waals surface area (Å²) in [5, 5.41) is 13.7. The summed E-state index contributed by atoms with van der Waals surface area (Å²) in [5.41, 5.74) is 2.27. The summed E-state index contributed by atoms with van der Waals surface area (Å²) in [4.78, 5) is 19.2. The van der Waals surface area contributed by atoms with Gasteiger partial charge < -0.3 is 20.2 Å². The van der Waals surface area contributed by atoms with E-state index in [-0.39, 0.29) is 17.8 Å². The van der Waals surface area contributed by atoms with E-state index in [2.05, 4.69) is 27.2 Å².